The van der Waals surface area contributed by atoms with Gasteiger partial charge in [0.2, 0.25) is 5.91 Å². The number of H-pyrrole nitrogens is 1. The van der Waals surface area contributed by atoms with Crippen molar-refractivity contribution in [3.05, 3.63) is 98.5 Å². The van der Waals surface area contributed by atoms with Crippen molar-refractivity contribution in [1.29, 1.82) is 0 Å². The van der Waals surface area contributed by atoms with E-state index < -0.39 is 34.4 Å². The summed E-state index contributed by atoms with van der Waals surface area (Å²) in [7, 11) is 2.01. The van der Waals surface area contributed by atoms with Crippen molar-refractivity contribution in [3.63, 3.8) is 0 Å². The highest BCUT2D eigenvalue weighted by Crippen LogP contribution is 2.56. The molecule has 1 unspecified atom stereocenters. The van der Waals surface area contributed by atoms with Crippen molar-refractivity contribution in [2.75, 3.05) is 13.6 Å². The minimum absolute atomic E-state index is 0.125. The van der Waals surface area contributed by atoms with E-state index in [0.29, 0.717) is 30.5 Å². The van der Waals surface area contributed by atoms with Gasteiger partial charge in [-0.05, 0) is 66.9 Å². The zero-order valence-electron chi connectivity index (χ0n) is 21.7. The minimum atomic E-state index is -1.16. The Morgan fingerprint density at radius 2 is 1.92 bits per heavy atom. The number of pyridine rings is 1. The monoisotopic (exact) mass is 528 g/mol. The van der Waals surface area contributed by atoms with Crippen LogP contribution in [0.2, 0.25) is 0 Å². The first kappa shape index (κ1) is 25.3. The van der Waals surface area contributed by atoms with Crippen molar-refractivity contribution in [1.82, 2.24) is 15.2 Å². The number of likely N-dealkylation sites (N-methyl/N-ethyl adjacent to an activating group) is 1. The second-order valence-electron chi connectivity index (χ2n) is 11.3. The Hall–Kier alpha value is -3.95. The number of nitrogens with two attached hydrogens (primary N) is 1. The standard InChI is InChI=1S/C30H32N4O5/c1-34-10-9-29-16-24-19(15-30(29,39)25(34)13-18-7-8-20(35)14-22(18)29)12-21(28(38)33-24)27(37)32-23(26(31)36)11-17-5-3-2-4-6-17/h2-8,12,14,23,25,35,39H,9-11,13,15-16H2,1H3,(H2,31,36)(H,32,37)(H,33,38)/t23-,25+,29?,30+/m0/s1. The van der Waals surface area contributed by atoms with Crippen LogP contribution in [0.5, 0.6) is 5.75 Å². The third-order valence-electron chi connectivity index (χ3n) is 9.16. The third-order valence-corrected chi connectivity index (χ3v) is 9.16. The number of aromatic hydroxyl groups is 1. The molecule has 3 aromatic rings. The van der Waals surface area contributed by atoms with Gasteiger partial charge in [0.15, 0.2) is 0 Å². The van der Waals surface area contributed by atoms with Crippen molar-refractivity contribution in [3.8, 4) is 5.75 Å². The highest BCUT2D eigenvalue weighted by molar-refractivity contribution is 5.97. The second-order valence-corrected chi connectivity index (χ2v) is 11.3. The molecule has 1 aliphatic heterocycles. The Balaban J connectivity index is 1.36. The van der Waals surface area contributed by atoms with E-state index in [-0.39, 0.29) is 30.2 Å². The molecule has 3 aliphatic rings. The van der Waals surface area contributed by atoms with Crippen LogP contribution in [0.4, 0.5) is 0 Å². The number of hydrogen-bond donors (Lipinski definition) is 5. The summed E-state index contributed by atoms with van der Waals surface area (Å²) in [6.45, 7) is 0.776. The summed E-state index contributed by atoms with van der Waals surface area (Å²) in [5, 5.41) is 25.4. The van der Waals surface area contributed by atoms with E-state index in [1.807, 2.05) is 43.4 Å². The van der Waals surface area contributed by atoms with Crippen LogP contribution in [-0.4, -0.2) is 63.2 Å². The molecule has 9 heteroatoms. The molecule has 2 aliphatic carbocycles. The molecule has 0 radical (unpaired) electrons. The summed E-state index contributed by atoms with van der Waals surface area (Å²) < 4.78 is 0. The number of phenols is 1. The van der Waals surface area contributed by atoms with Gasteiger partial charge in [0.25, 0.3) is 11.5 Å². The highest BCUT2D eigenvalue weighted by Gasteiger charge is 2.64. The average Bonchev–Trinajstić information content (AvgIpc) is 2.90. The van der Waals surface area contributed by atoms with Crippen LogP contribution in [0, 0.1) is 0 Å². The number of phenolic OH excluding ortho intramolecular Hbond substituents is 1. The zero-order chi connectivity index (χ0) is 27.5. The lowest BCUT2D eigenvalue weighted by Crippen LogP contribution is -2.73. The maximum atomic E-state index is 13.2. The van der Waals surface area contributed by atoms with Crippen LogP contribution in [-0.2, 0) is 35.9 Å². The molecular weight excluding hydrogens is 496 g/mol. The van der Waals surface area contributed by atoms with Gasteiger partial charge < -0.3 is 31.1 Å². The molecule has 1 aromatic heterocycles. The lowest BCUT2D eigenvalue weighted by molar-refractivity contribution is -0.145. The van der Waals surface area contributed by atoms with Gasteiger partial charge in [-0.1, -0.05) is 36.4 Å². The number of carbonyl (C=O) groups excluding carboxylic acids is 2. The lowest BCUT2D eigenvalue weighted by atomic mass is 9.49. The van der Waals surface area contributed by atoms with Crippen LogP contribution in [0.25, 0.3) is 0 Å². The molecule has 9 nitrogen and oxygen atoms in total. The molecule has 2 aromatic carbocycles. The van der Waals surface area contributed by atoms with Crippen LogP contribution in [0.1, 0.15) is 44.7 Å². The first-order valence-electron chi connectivity index (χ1n) is 13.3. The predicted octanol–water partition coefficient (Wildman–Crippen LogP) is 0.935. The Labute approximate surface area is 225 Å². The fourth-order valence-electron chi connectivity index (χ4n) is 7.13. The number of likely N-dealkylation sites (tertiary alicyclic amines) is 1. The number of primary amides is 1. The number of benzene rings is 2. The topological polar surface area (TPSA) is 149 Å². The summed E-state index contributed by atoms with van der Waals surface area (Å²) in [5.41, 5.74) is 7.25. The van der Waals surface area contributed by atoms with Crippen LogP contribution < -0.4 is 16.6 Å². The first-order chi connectivity index (χ1) is 18.6. The number of carbonyl (C=O) groups is 2. The van der Waals surface area contributed by atoms with Crippen molar-refractivity contribution < 1.29 is 19.8 Å². The number of hydrogen-bond acceptors (Lipinski definition) is 6. The molecule has 0 spiro atoms. The summed E-state index contributed by atoms with van der Waals surface area (Å²) in [6, 6.07) is 14.9. The SMILES string of the molecule is CN1CCC23Cc4[nH]c(=O)c(C(=O)N[C@@H](Cc5ccccc5)C(N)=O)cc4C[C@@]2(O)[C@H]1Cc1ccc(O)cc13. The van der Waals surface area contributed by atoms with Crippen LogP contribution >= 0.6 is 0 Å². The smallest absolute Gasteiger partial charge is 0.261 e. The highest BCUT2D eigenvalue weighted by atomic mass is 16.3. The van der Waals surface area contributed by atoms with Gasteiger partial charge in [0.1, 0.15) is 17.4 Å². The van der Waals surface area contributed by atoms with Gasteiger partial charge in [0, 0.05) is 36.4 Å². The first-order valence-corrected chi connectivity index (χ1v) is 13.3. The molecule has 202 valence electrons. The molecular formula is C30H32N4O5. The van der Waals surface area contributed by atoms with E-state index >= 15 is 0 Å². The number of piperidine rings is 1. The molecule has 0 saturated carbocycles. The maximum absolute atomic E-state index is 13.2. The number of nitrogens with zero attached hydrogens (tertiary/aromatic N) is 1. The fraction of sp³-hybridized carbons (Fsp3) is 0.367. The Bertz CT molecular complexity index is 1540. The number of rotatable bonds is 5. The van der Waals surface area contributed by atoms with E-state index in [2.05, 4.69) is 15.2 Å². The number of fused-ring (bicyclic) bond motifs is 2. The van der Waals surface area contributed by atoms with Crippen molar-refractivity contribution >= 4 is 11.8 Å². The van der Waals surface area contributed by atoms with Crippen molar-refractivity contribution in [2.24, 2.45) is 5.73 Å². The molecule has 6 N–H and O–H groups in total. The zero-order valence-corrected chi connectivity index (χ0v) is 21.7. The van der Waals surface area contributed by atoms with Gasteiger partial charge in [0.05, 0.1) is 5.60 Å². The number of nitrogens with one attached hydrogen (secondary N) is 2. The molecule has 2 amide bonds. The summed E-state index contributed by atoms with van der Waals surface area (Å²) in [6.07, 6.45) is 2.13. The number of aromatic amines is 1. The van der Waals surface area contributed by atoms with Gasteiger partial charge >= 0.3 is 0 Å². The number of amides is 2. The van der Waals surface area contributed by atoms with Crippen LogP contribution in [0.3, 0.4) is 0 Å². The van der Waals surface area contributed by atoms with E-state index in [9.17, 15) is 24.6 Å². The van der Waals surface area contributed by atoms with Crippen molar-refractivity contribution in [2.45, 2.75) is 55.2 Å². The molecule has 1 saturated heterocycles. The summed E-state index contributed by atoms with van der Waals surface area (Å²) in [5.74, 6) is -1.24. The van der Waals surface area contributed by atoms with Gasteiger partial charge in [-0.25, -0.2) is 0 Å². The quantitative estimate of drug-likeness (QED) is 0.333. The summed E-state index contributed by atoms with van der Waals surface area (Å²) >= 11 is 0. The van der Waals surface area contributed by atoms with E-state index in [1.54, 1.807) is 18.2 Å². The molecule has 2 bridgehead atoms. The van der Waals surface area contributed by atoms with Gasteiger partial charge in [-0.3, -0.25) is 14.4 Å². The largest absolute Gasteiger partial charge is 0.508 e. The number of aliphatic hydroxyl groups is 1. The fourth-order valence-corrected chi connectivity index (χ4v) is 7.13. The van der Waals surface area contributed by atoms with E-state index in [4.69, 9.17) is 5.73 Å². The Morgan fingerprint density at radius 3 is 2.67 bits per heavy atom. The van der Waals surface area contributed by atoms with E-state index in [1.165, 1.54) is 0 Å². The Kier molecular flexibility index (Phi) is 5.89. The average molecular weight is 529 g/mol. The molecule has 39 heavy (non-hydrogen) atoms. The summed E-state index contributed by atoms with van der Waals surface area (Å²) in [4.78, 5) is 43.6. The number of aromatic nitrogens is 1. The normalized spacial score (nSPS) is 26.1. The Morgan fingerprint density at radius 1 is 1.15 bits per heavy atom. The molecule has 2 heterocycles. The second kappa shape index (κ2) is 9.07. The third kappa shape index (κ3) is 3.95. The molecule has 6 rings (SSSR count). The maximum Gasteiger partial charge on any atom is 0.261 e. The molecule has 4 atom stereocenters. The van der Waals surface area contributed by atoms with Gasteiger partial charge in [-0.2, -0.15) is 0 Å². The predicted molar refractivity (Wildman–Crippen MR) is 145 cm³/mol. The lowest BCUT2D eigenvalue weighted by Gasteiger charge is -2.63. The van der Waals surface area contributed by atoms with Gasteiger partial charge in [-0.15, -0.1) is 0 Å². The van der Waals surface area contributed by atoms with Crippen LogP contribution in [0.15, 0.2) is 59.4 Å². The minimum Gasteiger partial charge on any atom is -0.508 e. The molecule has 1 fully saturated rings. The van der Waals surface area contributed by atoms with E-state index in [0.717, 1.165) is 23.2 Å².